The highest BCUT2D eigenvalue weighted by atomic mass is 32.1. The molecule has 0 bridgehead atoms. The number of carbonyl (C=O) groups is 3. The van der Waals surface area contributed by atoms with Crippen molar-refractivity contribution in [3.8, 4) is 0 Å². The van der Waals surface area contributed by atoms with Crippen LogP contribution in [0.1, 0.15) is 16.6 Å². The van der Waals surface area contributed by atoms with Crippen molar-refractivity contribution in [2.24, 2.45) is 0 Å². The van der Waals surface area contributed by atoms with Gasteiger partial charge in [0.25, 0.3) is 5.91 Å². The van der Waals surface area contributed by atoms with Gasteiger partial charge in [0.1, 0.15) is 27.8 Å². The second-order valence-electron chi connectivity index (χ2n) is 4.58. The quantitative estimate of drug-likeness (QED) is 0.702. The van der Waals surface area contributed by atoms with Gasteiger partial charge in [0, 0.05) is 12.4 Å². The zero-order valence-corrected chi connectivity index (χ0v) is 11.8. The normalized spacial score (nSPS) is 18.9. The number of imide groups is 1. The summed E-state index contributed by atoms with van der Waals surface area (Å²) in [6.07, 6.45) is 2.99. The molecular formula is C12H11N5O3S. The van der Waals surface area contributed by atoms with Gasteiger partial charge in [-0.1, -0.05) is 0 Å². The molecule has 0 aromatic carbocycles. The van der Waals surface area contributed by atoms with E-state index in [1.807, 2.05) is 0 Å². The van der Waals surface area contributed by atoms with Crippen LogP contribution in [0.2, 0.25) is 0 Å². The standard InChI is InChI=1S/C12H11N5O3S/c1-5-10(19)16-6(18)4-17(5)12(20)9-7(13)8-11(21-9)15-3-2-14-8/h2-3,5H,4,13H2,1H3,(H,16,18,19). The number of nitrogens with zero attached hydrogens (tertiary/aromatic N) is 3. The first kappa shape index (κ1) is 13.4. The fraction of sp³-hybridized carbons (Fsp3) is 0.250. The van der Waals surface area contributed by atoms with Crippen molar-refractivity contribution in [3.63, 3.8) is 0 Å². The van der Waals surface area contributed by atoms with E-state index in [9.17, 15) is 14.4 Å². The first-order chi connectivity index (χ1) is 9.99. The highest BCUT2D eigenvalue weighted by Crippen LogP contribution is 2.31. The van der Waals surface area contributed by atoms with Crippen molar-refractivity contribution in [1.82, 2.24) is 20.2 Å². The molecule has 1 unspecified atom stereocenters. The molecule has 0 spiro atoms. The predicted octanol–water partition coefficient (Wildman–Crippen LogP) is -0.239. The van der Waals surface area contributed by atoms with Gasteiger partial charge < -0.3 is 10.6 Å². The molecule has 1 fully saturated rings. The molecule has 9 heteroatoms. The van der Waals surface area contributed by atoms with E-state index in [-0.39, 0.29) is 17.1 Å². The van der Waals surface area contributed by atoms with Crippen LogP contribution in [-0.4, -0.2) is 45.2 Å². The molecule has 1 saturated heterocycles. The minimum absolute atomic E-state index is 0.180. The van der Waals surface area contributed by atoms with Crippen LogP contribution < -0.4 is 11.1 Å². The Hall–Kier alpha value is -2.55. The Bertz CT molecular complexity index is 771. The van der Waals surface area contributed by atoms with Gasteiger partial charge >= 0.3 is 0 Å². The fourth-order valence-electron chi connectivity index (χ4n) is 2.10. The smallest absolute Gasteiger partial charge is 0.267 e. The molecule has 0 aliphatic carbocycles. The first-order valence-electron chi connectivity index (χ1n) is 6.12. The summed E-state index contributed by atoms with van der Waals surface area (Å²) in [5.41, 5.74) is 6.61. The number of carbonyl (C=O) groups excluding carboxylic acids is 3. The number of amides is 3. The second-order valence-corrected chi connectivity index (χ2v) is 5.58. The summed E-state index contributed by atoms with van der Waals surface area (Å²) in [5.74, 6) is -1.48. The maximum absolute atomic E-state index is 12.6. The fourth-order valence-corrected chi connectivity index (χ4v) is 3.07. The third kappa shape index (κ3) is 2.11. The largest absolute Gasteiger partial charge is 0.396 e. The second kappa shape index (κ2) is 4.77. The van der Waals surface area contributed by atoms with Crippen LogP contribution >= 0.6 is 11.3 Å². The van der Waals surface area contributed by atoms with E-state index in [1.165, 1.54) is 17.3 Å². The van der Waals surface area contributed by atoms with Gasteiger partial charge in [-0.05, 0) is 6.92 Å². The predicted molar refractivity (Wildman–Crippen MR) is 75.5 cm³/mol. The summed E-state index contributed by atoms with van der Waals surface area (Å²) in [4.78, 5) is 45.8. The van der Waals surface area contributed by atoms with Crippen LogP contribution in [0.3, 0.4) is 0 Å². The molecule has 3 heterocycles. The van der Waals surface area contributed by atoms with E-state index in [4.69, 9.17) is 5.73 Å². The first-order valence-corrected chi connectivity index (χ1v) is 6.94. The average Bonchev–Trinajstić information content (AvgIpc) is 2.80. The number of thiophene rings is 1. The number of nitrogens with two attached hydrogens (primary N) is 1. The number of nitrogens with one attached hydrogen (secondary N) is 1. The maximum atomic E-state index is 12.6. The average molecular weight is 305 g/mol. The SMILES string of the molecule is CC1C(=O)NC(=O)CN1C(=O)c1sc2nccnc2c1N. The Morgan fingerprint density at radius 2 is 2.14 bits per heavy atom. The Morgan fingerprint density at radius 3 is 2.86 bits per heavy atom. The highest BCUT2D eigenvalue weighted by Gasteiger charge is 2.35. The minimum atomic E-state index is -0.735. The van der Waals surface area contributed by atoms with Gasteiger partial charge in [0.2, 0.25) is 11.8 Å². The third-order valence-corrected chi connectivity index (χ3v) is 4.33. The summed E-state index contributed by atoms with van der Waals surface area (Å²) in [5, 5.41) is 2.18. The summed E-state index contributed by atoms with van der Waals surface area (Å²) in [6, 6.07) is -0.735. The van der Waals surface area contributed by atoms with Gasteiger partial charge in [-0.15, -0.1) is 11.3 Å². The van der Waals surface area contributed by atoms with Crippen LogP contribution in [0.5, 0.6) is 0 Å². The lowest BCUT2D eigenvalue weighted by atomic mass is 10.2. The summed E-state index contributed by atoms with van der Waals surface area (Å²) in [7, 11) is 0. The Kier molecular flexibility index (Phi) is 3.05. The molecule has 8 nitrogen and oxygen atoms in total. The Labute approximate surface area is 123 Å². The van der Waals surface area contributed by atoms with Crippen molar-refractivity contribution < 1.29 is 14.4 Å². The highest BCUT2D eigenvalue weighted by molar-refractivity contribution is 7.21. The molecule has 2 aromatic rings. The molecule has 0 radical (unpaired) electrons. The van der Waals surface area contributed by atoms with Crippen LogP contribution in [0.4, 0.5) is 5.69 Å². The molecule has 3 rings (SSSR count). The number of fused-ring (bicyclic) bond motifs is 1. The molecule has 1 atom stereocenters. The van der Waals surface area contributed by atoms with Crippen LogP contribution in [0.15, 0.2) is 12.4 Å². The Balaban J connectivity index is 2.02. The maximum Gasteiger partial charge on any atom is 0.267 e. The van der Waals surface area contributed by atoms with Crippen molar-refractivity contribution in [2.75, 3.05) is 12.3 Å². The van der Waals surface area contributed by atoms with Crippen molar-refractivity contribution in [3.05, 3.63) is 17.3 Å². The Morgan fingerprint density at radius 1 is 1.43 bits per heavy atom. The van der Waals surface area contributed by atoms with Crippen LogP contribution in [-0.2, 0) is 9.59 Å². The van der Waals surface area contributed by atoms with Crippen LogP contribution in [0, 0.1) is 0 Å². The van der Waals surface area contributed by atoms with E-state index in [0.717, 1.165) is 11.3 Å². The lowest BCUT2D eigenvalue weighted by Gasteiger charge is -2.31. The van der Waals surface area contributed by atoms with E-state index in [1.54, 1.807) is 6.92 Å². The van der Waals surface area contributed by atoms with Gasteiger partial charge in [0.15, 0.2) is 0 Å². The molecule has 21 heavy (non-hydrogen) atoms. The molecule has 1 aliphatic heterocycles. The number of hydrogen-bond acceptors (Lipinski definition) is 7. The zero-order valence-electron chi connectivity index (χ0n) is 11.0. The summed E-state index contributed by atoms with van der Waals surface area (Å²) >= 11 is 1.10. The van der Waals surface area contributed by atoms with E-state index < -0.39 is 23.8 Å². The lowest BCUT2D eigenvalue weighted by molar-refractivity contribution is -0.138. The van der Waals surface area contributed by atoms with Gasteiger partial charge in [-0.3, -0.25) is 19.7 Å². The minimum Gasteiger partial charge on any atom is -0.396 e. The summed E-state index contributed by atoms with van der Waals surface area (Å²) in [6.45, 7) is 1.37. The number of nitrogen functional groups attached to an aromatic ring is 1. The van der Waals surface area contributed by atoms with Gasteiger partial charge in [0.05, 0.1) is 5.69 Å². The number of anilines is 1. The molecular weight excluding hydrogens is 294 g/mol. The number of hydrogen-bond donors (Lipinski definition) is 2. The third-order valence-electron chi connectivity index (χ3n) is 3.24. The molecule has 3 N–H and O–H groups in total. The zero-order chi connectivity index (χ0) is 15.1. The lowest BCUT2D eigenvalue weighted by Crippen LogP contribution is -2.58. The van der Waals surface area contributed by atoms with Crippen molar-refractivity contribution in [1.29, 1.82) is 0 Å². The number of rotatable bonds is 1. The summed E-state index contributed by atoms with van der Waals surface area (Å²) < 4.78 is 0. The van der Waals surface area contributed by atoms with E-state index >= 15 is 0 Å². The van der Waals surface area contributed by atoms with Gasteiger partial charge in [-0.25, -0.2) is 9.97 Å². The topological polar surface area (TPSA) is 118 Å². The van der Waals surface area contributed by atoms with Crippen molar-refractivity contribution >= 4 is 45.1 Å². The molecule has 2 aromatic heterocycles. The van der Waals surface area contributed by atoms with Crippen molar-refractivity contribution in [2.45, 2.75) is 13.0 Å². The van der Waals surface area contributed by atoms with E-state index in [0.29, 0.717) is 10.3 Å². The molecule has 0 saturated carbocycles. The molecule has 1 aliphatic rings. The molecule has 108 valence electrons. The number of piperazine rings is 1. The van der Waals surface area contributed by atoms with Gasteiger partial charge in [-0.2, -0.15) is 0 Å². The van der Waals surface area contributed by atoms with Crippen LogP contribution in [0.25, 0.3) is 10.3 Å². The molecule has 3 amide bonds. The monoisotopic (exact) mass is 305 g/mol. The van der Waals surface area contributed by atoms with E-state index in [2.05, 4.69) is 15.3 Å². The number of aromatic nitrogens is 2.